The van der Waals surface area contributed by atoms with Crippen molar-refractivity contribution in [2.75, 3.05) is 27.7 Å². The molecule has 0 aliphatic heterocycles. The smallest absolute Gasteiger partial charge is 0.413 e. The van der Waals surface area contributed by atoms with Crippen LogP contribution in [-0.4, -0.2) is 54.2 Å². The fourth-order valence-electron chi connectivity index (χ4n) is 1.77. The van der Waals surface area contributed by atoms with Gasteiger partial charge in [0.15, 0.2) is 0 Å². The summed E-state index contributed by atoms with van der Waals surface area (Å²) in [6, 6.07) is 0. The molecule has 1 atom stereocenters. The highest BCUT2D eigenvalue weighted by Crippen LogP contribution is 2.13. The van der Waals surface area contributed by atoms with Crippen LogP contribution in [0.15, 0.2) is 0 Å². The van der Waals surface area contributed by atoms with E-state index in [1.165, 1.54) is 25.7 Å². The lowest BCUT2D eigenvalue weighted by Crippen LogP contribution is -2.70. The summed E-state index contributed by atoms with van der Waals surface area (Å²) in [6.07, 6.45) is 6.84. The maximum absolute atomic E-state index is 11.1. The van der Waals surface area contributed by atoms with Gasteiger partial charge in [-0.05, 0) is 6.42 Å². The van der Waals surface area contributed by atoms with Crippen LogP contribution in [0.5, 0.6) is 0 Å². The number of nitrogens with one attached hydrogen (secondary N) is 1. The number of quaternary nitrogens is 1. The molecule has 0 aliphatic rings. The van der Waals surface area contributed by atoms with E-state index < -0.39 is 11.8 Å². The van der Waals surface area contributed by atoms with Crippen molar-refractivity contribution in [1.29, 1.82) is 0 Å². The summed E-state index contributed by atoms with van der Waals surface area (Å²) in [7, 11) is 4.97. The van der Waals surface area contributed by atoms with E-state index in [2.05, 4.69) is 12.2 Å². The number of hydrogen-bond acceptors (Lipinski definition) is 3. The molecule has 108 valence electrons. The van der Waals surface area contributed by atoms with Gasteiger partial charge in [-0.3, -0.25) is 4.48 Å². The van der Waals surface area contributed by atoms with Crippen molar-refractivity contribution < 1.29 is 19.5 Å². The number of hydrogen-bond donors (Lipinski definition) is 3. The van der Waals surface area contributed by atoms with Crippen molar-refractivity contribution in [3.8, 4) is 0 Å². The minimum Gasteiger partial charge on any atom is -0.473 e. The number of carboxylic acids is 1. The van der Waals surface area contributed by atoms with Crippen LogP contribution >= 0.6 is 0 Å². The predicted octanol–water partition coefficient (Wildman–Crippen LogP) is 1.37. The summed E-state index contributed by atoms with van der Waals surface area (Å²) in [5, 5.41) is 22.0. The molecule has 0 heterocycles. The molecule has 0 aromatic heterocycles. The average Bonchev–Trinajstić information content (AvgIpc) is 2.25. The van der Waals surface area contributed by atoms with Crippen molar-refractivity contribution in [1.82, 2.24) is 5.32 Å². The lowest BCUT2D eigenvalue weighted by molar-refractivity contribution is -0.943. The van der Waals surface area contributed by atoms with Crippen LogP contribution < -0.4 is 5.32 Å². The van der Waals surface area contributed by atoms with Gasteiger partial charge in [0.05, 0.1) is 21.1 Å². The highest BCUT2D eigenvalue weighted by atomic mass is 16.4. The van der Waals surface area contributed by atoms with E-state index in [9.17, 15) is 9.90 Å². The number of unbranched alkanes of at least 4 members (excludes halogenated alkanes) is 5. The van der Waals surface area contributed by atoms with Gasteiger partial charge >= 0.3 is 11.8 Å². The molecular formula is C13H29N2O3+. The van der Waals surface area contributed by atoms with Crippen LogP contribution in [0.25, 0.3) is 0 Å². The first-order chi connectivity index (χ1) is 8.25. The third-order valence-corrected chi connectivity index (χ3v) is 3.17. The molecule has 0 amide bonds. The topological polar surface area (TPSA) is 69.6 Å². The minimum absolute atomic E-state index is 0.0713. The van der Waals surface area contributed by atoms with E-state index in [1.54, 1.807) is 21.1 Å². The number of carbonyl (C=O) groups is 1. The van der Waals surface area contributed by atoms with E-state index >= 15 is 0 Å². The van der Waals surface area contributed by atoms with Crippen molar-refractivity contribution >= 4 is 5.97 Å². The molecule has 1 unspecified atom stereocenters. The fraction of sp³-hybridized carbons (Fsp3) is 0.923. The second-order valence-corrected chi connectivity index (χ2v) is 5.68. The zero-order valence-electron chi connectivity index (χ0n) is 12.2. The van der Waals surface area contributed by atoms with Crippen LogP contribution in [0, 0.1) is 0 Å². The number of likely N-dealkylation sites (N-methyl/N-ethyl adjacent to an activating group) is 1. The Morgan fingerprint density at radius 1 is 1.11 bits per heavy atom. The predicted molar refractivity (Wildman–Crippen MR) is 72.0 cm³/mol. The molecular weight excluding hydrogens is 232 g/mol. The zero-order chi connectivity index (χ0) is 14.2. The second kappa shape index (κ2) is 7.71. The summed E-state index contributed by atoms with van der Waals surface area (Å²) in [4.78, 5) is 11.1. The van der Waals surface area contributed by atoms with E-state index in [0.717, 1.165) is 12.8 Å². The van der Waals surface area contributed by atoms with Gasteiger partial charge in [0.1, 0.15) is 0 Å². The molecule has 5 nitrogen and oxygen atoms in total. The molecule has 5 heteroatoms. The molecule has 0 aromatic rings. The maximum atomic E-state index is 11.1. The molecule has 0 aromatic carbocycles. The monoisotopic (exact) mass is 261 g/mol. The Labute approximate surface area is 110 Å². The third kappa shape index (κ3) is 5.33. The Hall–Kier alpha value is -0.650. The van der Waals surface area contributed by atoms with Gasteiger partial charge in [0, 0.05) is 6.54 Å². The first-order valence-electron chi connectivity index (χ1n) is 6.78. The standard InChI is InChI=1S/C13H28N2O3/c1-5-6-7-8-9-10-11-14-13(18,12(16)17)15(2,3)4/h14,18H,5-11H2,1-4H3/p+1. The second-order valence-electron chi connectivity index (χ2n) is 5.68. The number of nitrogens with zero attached hydrogens (tertiary/aromatic N) is 1. The summed E-state index contributed by atoms with van der Waals surface area (Å²) in [5.74, 6) is -3.15. The highest BCUT2D eigenvalue weighted by molar-refractivity contribution is 5.74. The Morgan fingerprint density at radius 3 is 2.06 bits per heavy atom. The highest BCUT2D eigenvalue weighted by Gasteiger charge is 2.49. The van der Waals surface area contributed by atoms with Crippen molar-refractivity contribution in [2.45, 2.75) is 51.3 Å². The Morgan fingerprint density at radius 2 is 1.61 bits per heavy atom. The van der Waals surface area contributed by atoms with E-state index in [-0.39, 0.29) is 4.48 Å². The van der Waals surface area contributed by atoms with Crippen LogP contribution in [0.2, 0.25) is 0 Å². The molecule has 0 fully saturated rings. The summed E-state index contributed by atoms with van der Waals surface area (Å²) >= 11 is 0. The summed E-state index contributed by atoms with van der Waals surface area (Å²) in [5.41, 5.74) is 0. The largest absolute Gasteiger partial charge is 0.473 e. The molecule has 18 heavy (non-hydrogen) atoms. The molecule has 0 bridgehead atoms. The summed E-state index contributed by atoms with van der Waals surface area (Å²) in [6.45, 7) is 2.69. The Kier molecular flexibility index (Phi) is 7.43. The van der Waals surface area contributed by atoms with Crippen LogP contribution in [0.1, 0.15) is 45.4 Å². The van der Waals surface area contributed by atoms with Crippen molar-refractivity contribution in [3.05, 3.63) is 0 Å². The number of rotatable bonds is 10. The Bertz CT molecular complexity index is 251. The van der Waals surface area contributed by atoms with Gasteiger partial charge < -0.3 is 10.2 Å². The fourth-order valence-corrected chi connectivity index (χ4v) is 1.77. The minimum atomic E-state index is -1.91. The van der Waals surface area contributed by atoms with E-state index in [1.807, 2.05) is 0 Å². The van der Waals surface area contributed by atoms with E-state index in [0.29, 0.717) is 6.54 Å². The molecule has 0 aliphatic carbocycles. The van der Waals surface area contributed by atoms with Gasteiger partial charge in [0.25, 0.3) is 0 Å². The van der Waals surface area contributed by atoms with Gasteiger partial charge in [-0.25, -0.2) is 10.1 Å². The lowest BCUT2D eigenvalue weighted by Gasteiger charge is -2.38. The van der Waals surface area contributed by atoms with Crippen LogP contribution in [0.3, 0.4) is 0 Å². The van der Waals surface area contributed by atoms with Gasteiger partial charge in [-0.2, -0.15) is 0 Å². The maximum Gasteiger partial charge on any atom is 0.413 e. The number of aliphatic hydroxyl groups is 1. The SMILES string of the molecule is CCCCCCCCNC(O)(C(=O)O)[N+](C)(C)C. The van der Waals surface area contributed by atoms with Crippen molar-refractivity contribution in [3.63, 3.8) is 0 Å². The van der Waals surface area contributed by atoms with E-state index in [4.69, 9.17) is 5.11 Å². The molecule has 0 saturated carbocycles. The molecule has 3 N–H and O–H groups in total. The van der Waals surface area contributed by atoms with Crippen LogP contribution in [0.4, 0.5) is 0 Å². The molecule has 0 spiro atoms. The Balaban J connectivity index is 3.97. The van der Waals surface area contributed by atoms with Gasteiger partial charge in [-0.15, -0.1) is 0 Å². The summed E-state index contributed by atoms with van der Waals surface area (Å²) < 4.78 is -0.0713. The van der Waals surface area contributed by atoms with Gasteiger partial charge in [0.2, 0.25) is 0 Å². The molecule has 0 radical (unpaired) electrons. The average molecular weight is 261 g/mol. The first-order valence-corrected chi connectivity index (χ1v) is 6.78. The van der Waals surface area contributed by atoms with Crippen LogP contribution in [-0.2, 0) is 4.79 Å². The molecule has 0 saturated heterocycles. The number of aliphatic carboxylic acids is 1. The van der Waals surface area contributed by atoms with Gasteiger partial charge in [-0.1, -0.05) is 39.0 Å². The quantitative estimate of drug-likeness (QED) is 0.316. The third-order valence-electron chi connectivity index (χ3n) is 3.17. The number of carboxylic acid groups (broad SMARTS) is 1. The molecule has 0 rings (SSSR count). The first kappa shape index (κ1) is 17.4. The normalized spacial score (nSPS) is 15.4. The lowest BCUT2D eigenvalue weighted by atomic mass is 10.1. The zero-order valence-corrected chi connectivity index (χ0v) is 12.2. The van der Waals surface area contributed by atoms with Crippen molar-refractivity contribution in [2.24, 2.45) is 0 Å².